The second kappa shape index (κ2) is 13.8. The Labute approximate surface area is 217 Å². The van der Waals surface area contributed by atoms with Crippen LogP contribution in [0, 0.1) is 0 Å². The Hall–Kier alpha value is -4.11. The van der Waals surface area contributed by atoms with Gasteiger partial charge in [-0.15, -0.1) is 0 Å². The molecule has 0 saturated heterocycles. The van der Waals surface area contributed by atoms with Crippen molar-refractivity contribution in [3.05, 3.63) is 48.0 Å². The van der Waals surface area contributed by atoms with Crippen LogP contribution in [0.1, 0.15) is 17.7 Å². The van der Waals surface area contributed by atoms with Gasteiger partial charge in [-0.3, -0.25) is 19.2 Å². The summed E-state index contributed by atoms with van der Waals surface area (Å²) in [7, 11) is 0. The molecule has 2 aromatic rings. The molecule has 10 N–H and O–H groups in total. The third-order valence-corrected chi connectivity index (χ3v) is 5.54. The lowest BCUT2D eigenvalue weighted by molar-refractivity contribution is -0.141. The Morgan fingerprint density at radius 2 is 1.54 bits per heavy atom. The van der Waals surface area contributed by atoms with Gasteiger partial charge in [0.25, 0.3) is 0 Å². The summed E-state index contributed by atoms with van der Waals surface area (Å²) in [4.78, 5) is 68.0. The number of imidazole rings is 1. The number of aromatic nitrogens is 2. The molecule has 1 aromatic heterocycles. The zero-order valence-electron chi connectivity index (χ0n) is 19.6. The number of aliphatic carboxylic acids is 1. The second-order valence-electron chi connectivity index (χ2n) is 8.13. The number of carboxylic acid groups (broad SMARTS) is 1. The molecule has 200 valence electrons. The number of carboxylic acids is 1. The van der Waals surface area contributed by atoms with Gasteiger partial charge in [0.1, 0.15) is 23.9 Å². The maximum absolute atomic E-state index is 13.2. The van der Waals surface area contributed by atoms with Crippen LogP contribution >= 0.6 is 12.6 Å². The maximum atomic E-state index is 13.2. The molecular weight excluding hydrogens is 506 g/mol. The largest absolute Gasteiger partial charge is 0.508 e. The summed E-state index contributed by atoms with van der Waals surface area (Å²) in [5.74, 6) is -5.05. The highest BCUT2D eigenvalue weighted by atomic mass is 32.1. The molecule has 0 spiro atoms. The van der Waals surface area contributed by atoms with E-state index in [4.69, 9.17) is 16.6 Å². The monoisotopic (exact) mass is 535 g/mol. The van der Waals surface area contributed by atoms with Crippen molar-refractivity contribution >= 4 is 42.2 Å². The minimum Gasteiger partial charge on any atom is -0.508 e. The molecule has 37 heavy (non-hydrogen) atoms. The number of hydrogen-bond donors (Lipinski definition) is 9. The van der Waals surface area contributed by atoms with Gasteiger partial charge >= 0.3 is 5.97 Å². The molecule has 0 bridgehead atoms. The first-order valence-corrected chi connectivity index (χ1v) is 11.7. The second-order valence-corrected chi connectivity index (χ2v) is 8.50. The molecule has 15 heteroatoms. The molecular formula is C22H29N7O7S. The van der Waals surface area contributed by atoms with Crippen LogP contribution in [0.4, 0.5) is 0 Å². The molecule has 0 saturated carbocycles. The van der Waals surface area contributed by atoms with Gasteiger partial charge in [-0.25, -0.2) is 9.78 Å². The first kappa shape index (κ1) is 29.1. The van der Waals surface area contributed by atoms with E-state index in [2.05, 4.69) is 38.5 Å². The van der Waals surface area contributed by atoms with Crippen LogP contribution in [-0.2, 0) is 36.8 Å². The van der Waals surface area contributed by atoms with Crippen LogP contribution in [0.25, 0.3) is 0 Å². The molecule has 0 aliphatic heterocycles. The summed E-state index contributed by atoms with van der Waals surface area (Å²) >= 11 is 3.86. The van der Waals surface area contributed by atoms with Gasteiger partial charge in [-0.1, -0.05) is 12.1 Å². The van der Waals surface area contributed by atoms with E-state index >= 15 is 0 Å². The molecule has 14 nitrogen and oxygen atoms in total. The minimum atomic E-state index is -1.52. The smallest absolute Gasteiger partial charge is 0.327 e. The first-order valence-electron chi connectivity index (χ1n) is 11.0. The highest BCUT2D eigenvalue weighted by Gasteiger charge is 2.31. The predicted molar refractivity (Wildman–Crippen MR) is 133 cm³/mol. The molecule has 0 aliphatic carbocycles. The van der Waals surface area contributed by atoms with Crippen LogP contribution in [-0.4, -0.2) is 79.7 Å². The average Bonchev–Trinajstić information content (AvgIpc) is 3.35. The Morgan fingerprint density at radius 3 is 2.08 bits per heavy atom. The lowest BCUT2D eigenvalue weighted by atomic mass is 10.0. The Balaban J connectivity index is 2.22. The molecule has 0 fully saturated rings. The molecule has 1 aromatic carbocycles. The number of carbonyl (C=O) groups excluding carboxylic acids is 4. The third kappa shape index (κ3) is 9.46. The van der Waals surface area contributed by atoms with Crippen molar-refractivity contribution in [1.29, 1.82) is 0 Å². The van der Waals surface area contributed by atoms with Crippen LogP contribution in [0.5, 0.6) is 5.75 Å². The number of phenolic OH excluding ortho intramolecular Hbond substituents is 1. The number of thiol groups is 1. The first-order chi connectivity index (χ1) is 17.5. The zero-order valence-corrected chi connectivity index (χ0v) is 20.5. The van der Waals surface area contributed by atoms with E-state index in [-0.39, 0.29) is 24.3 Å². The van der Waals surface area contributed by atoms with Gasteiger partial charge in [-0.2, -0.15) is 12.6 Å². The minimum absolute atomic E-state index is 0.00858. The molecule has 4 amide bonds. The van der Waals surface area contributed by atoms with Crippen molar-refractivity contribution in [3.8, 4) is 5.75 Å². The normalized spacial score (nSPS) is 14.0. The summed E-state index contributed by atoms with van der Waals surface area (Å²) in [6.07, 6.45) is 2.33. The number of rotatable bonds is 14. The predicted octanol–water partition coefficient (Wildman–Crippen LogP) is -2.43. The fourth-order valence-electron chi connectivity index (χ4n) is 3.22. The SMILES string of the molecule is NC(=O)CC(NC(=O)C(Cc1ccc(O)cc1)NC(=O)C(N)Cc1cnc[nH]1)C(=O)NC(CS)C(=O)O. The highest BCUT2D eigenvalue weighted by molar-refractivity contribution is 7.80. The quantitative estimate of drug-likeness (QED) is 0.117. The molecule has 0 aliphatic rings. The standard InChI is InChI=1S/C22H29N7O7S/c23-14(6-12-8-25-10-26-12)19(32)27-15(5-11-1-3-13(30)4-2-11)20(33)28-16(7-18(24)31)21(34)29-17(9-37)22(35)36/h1-4,8,10,14-17,30,37H,5-7,9,23H2,(H2,24,31)(H,25,26)(H,27,32)(H,28,33)(H,29,34)(H,35,36). The number of primary amides is 1. The molecule has 4 atom stereocenters. The Kier molecular flexibility index (Phi) is 10.9. The van der Waals surface area contributed by atoms with Crippen molar-refractivity contribution in [2.75, 3.05) is 5.75 Å². The lowest BCUT2D eigenvalue weighted by Crippen LogP contribution is -2.58. The molecule has 1 heterocycles. The number of nitrogens with zero attached hydrogens (tertiary/aromatic N) is 1. The van der Waals surface area contributed by atoms with E-state index in [0.29, 0.717) is 11.3 Å². The van der Waals surface area contributed by atoms with Crippen LogP contribution in [0.15, 0.2) is 36.8 Å². The van der Waals surface area contributed by atoms with Crippen molar-refractivity contribution in [2.24, 2.45) is 11.5 Å². The van der Waals surface area contributed by atoms with Crippen molar-refractivity contribution in [3.63, 3.8) is 0 Å². The van der Waals surface area contributed by atoms with E-state index < -0.39 is 60.2 Å². The van der Waals surface area contributed by atoms with Gasteiger partial charge < -0.3 is 42.6 Å². The van der Waals surface area contributed by atoms with E-state index in [1.807, 2.05) is 0 Å². The molecule has 4 unspecified atom stereocenters. The summed E-state index contributed by atoms with van der Waals surface area (Å²) in [6, 6.07) is 0.640. The molecule has 2 rings (SSSR count). The summed E-state index contributed by atoms with van der Waals surface area (Å²) in [5, 5.41) is 25.7. The van der Waals surface area contributed by atoms with Crippen LogP contribution in [0.3, 0.4) is 0 Å². The number of aromatic hydroxyl groups is 1. The number of nitrogens with two attached hydrogens (primary N) is 2. The van der Waals surface area contributed by atoms with Gasteiger partial charge in [0.2, 0.25) is 23.6 Å². The van der Waals surface area contributed by atoms with Gasteiger partial charge in [-0.05, 0) is 17.7 Å². The van der Waals surface area contributed by atoms with E-state index in [1.54, 1.807) is 0 Å². The topological polar surface area (TPSA) is 243 Å². The van der Waals surface area contributed by atoms with E-state index in [1.165, 1.54) is 36.8 Å². The third-order valence-electron chi connectivity index (χ3n) is 5.18. The summed E-state index contributed by atoms with van der Waals surface area (Å²) in [5.41, 5.74) is 12.3. The Bertz CT molecular complexity index is 1100. The summed E-state index contributed by atoms with van der Waals surface area (Å²) in [6.45, 7) is 0. The van der Waals surface area contributed by atoms with Crippen molar-refractivity contribution in [1.82, 2.24) is 25.9 Å². The number of amides is 4. The van der Waals surface area contributed by atoms with Gasteiger partial charge in [0, 0.05) is 30.5 Å². The van der Waals surface area contributed by atoms with Gasteiger partial charge in [0.15, 0.2) is 0 Å². The number of carbonyl (C=O) groups is 5. The molecule has 0 radical (unpaired) electrons. The maximum Gasteiger partial charge on any atom is 0.327 e. The zero-order chi connectivity index (χ0) is 27.5. The number of H-pyrrole nitrogens is 1. The summed E-state index contributed by atoms with van der Waals surface area (Å²) < 4.78 is 0. The van der Waals surface area contributed by atoms with Crippen LogP contribution < -0.4 is 27.4 Å². The van der Waals surface area contributed by atoms with Crippen molar-refractivity contribution < 1.29 is 34.2 Å². The lowest BCUT2D eigenvalue weighted by Gasteiger charge is -2.24. The number of hydrogen-bond acceptors (Lipinski definition) is 9. The highest BCUT2D eigenvalue weighted by Crippen LogP contribution is 2.12. The fraction of sp³-hybridized carbons (Fsp3) is 0.364. The number of aromatic amines is 1. The Morgan fingerprint density at radius 1 is 0.946 bits per heavy atom. The number of phenols is 1. The fourth-order valence-corrected chi connectivity index (χ4v) is 3.47. The van der Waals surface area contributed by atoms with E-state index in [9.17, 15) is 29.1 Å². The van der Waals surface area contributed by atoms with E-state index in [0.717, 1.165) is 0 Å². The average molecular weight is 536 g/mol. The van der Waals surface area contributed by atoms with Gasteiger partial charge in [0.05, 0.1) is 18.8 Å². The number of benzene rings is 1. The number of nitrogens with one attached hydrogen (secondary N) is 4. The van der Waals surface area contributed by atoms with Crippen LogP contribution in [0.2, 0.25) is 0 Å². The van der Waals surface area contributed by atoms with Crippen molar-refractivity contribution in [2.45, 2.75) is 43.4 Å².